The minimum atomic E-state index is -0.283. The van der Waals surface area contributed by atoms with Crippen molar-refractivity contribution in [1.82, 2.24) is 24.3 Å². The van der Waals surface area contributed by atoms with Gasteiger partial charge in [0.2, 0.25) is 0 Å². The molecule has 0 bridgehead atoms. The number of fused-ring (bicyclic) bond motifs is 2. The monoisotopic (exact) mass is 371 g/mol. The Morgan fingerprint density at radius 2 is 2.00 bits per heavy atom. The summed E-state index contributed by atoms with van der Waals surface area (Å²) in [4.78, 5) is 37.0. The molecule has 0 aliphatic carbocycles. The first-order valence-corrected chi connectivity index (χ1v) is 9.34. The molecule has 9 heteroatoms. The first kappa shape index (κ1) is 16.5. The zero-order chi connectivity index (χ0) is 18.4. The highest BCUT2D eigenvalue weighted by Crippen LogP contribution is 2.25. The smallest absolute Gasteiger partial charge is 0.410 e. The molecule has 2 amide bonds. The lowest BCUT2D eigenvalue weighted by Crippen LogP contribution is -2.53. The van der Waals surface area contributed by atoms with Gasteiger partial charge in [-0.2, -0.15) is 0 Å². The maximum atomic E-state index is 12.9. The normalized spacial score (nSPS) is 23.6. The van der Waals surface area contributed by atoms with Crippen molar-refractivity contribution in [3.8, 4) is 0 Å². The number of cyclic esters (lactones) is 1. The van der Waals surface area contributed by atoms with Crippen molar-refractivity contribution in [2.45, 2.75) is 24.9 Å². The Morgan fingerprint density at radius 1 is 1.15 bits per heavy atom. The third-order valence-corrected chi connectivity index (χ3v) is 5.65. The Labute approximate surface area is 155 Å². The van der Waals surface area contributed by atoms with Crippen molar-refractivity contribution in [3.63, 3.8) is 0 Å². The number of pyridine rings is 1. The molecule has 5 rings (SSSR count). The van der Waals surface area contributed by atoms with Gasteiger partial charge in [-0.25, -0.2) is 14.8 Å². The Hall–Kier alpha value is -2.68. The van der Waals surface area contributed by atoms with E-state index >= 15 is 0 Å². The summed E-state index contributed by atoms with van der Waals surface area (Å²) in [5.41, 5.74) is 2.06. The van der Waals surface area contributed by atoms with Crippen LogP contribution in [0.1, 0.15) is 29.2 Å². The Bertz CT molecular complexity index is 891. The molecule has 1 atom stereocenters. The number of hydrogen-bond acceptors (Lipinski definition) is 6. The van der Waals surface area contributed by atoms with Gasteiger partial charge in [0.25, 0.3) is 5.91 Å². The van der Waals surface area contributed by atoms with E-state index in [2.05, 4.69) is 14.5 Å². The number of carbonyl (C=O) groups excluding carboxylic acids is 2. The second-order valence-electron chi connectivity index (χ2n) is 7.24. The maximum absolute atomic E-state index is 12.9. The van der Waals surface area contributed by atoms with Crippen molar-refractivity contribution in [1.29, 1.82) is 0 Å². The van der Waals surface area contributed by atoms with E-state index in [0.717, 1.165) is 37.2 Å². The topological polar surface area (TPSA) is 89.8 Å². The molecule has 3 fully saturated rings. The van der Waals surface area contributed by atoms with Crippen molar-refractivity contribution in [2.75, 3.05) is 39.5 Å². The molecule has 0 spiro atoms. The second kappa shape index (κ2) is 6.49. The molecule has 142 valence electrons. The molecule has 1 unspecified atom stereocenters. The fraction of sp³-hybridized carbons (Fsp3) is 0.556. The summed E-state index contributed by atoms with van der Waals surface area (Å²) in [6, 6.07) is 2.09. The Morgan fingerprint density at radius 3 is 2.85 bits per heavy atom. The van der Waals surface area contributed by atoms with E-state index in [0.29, 0.717) is 37.8 Å². The van der Waals surface area contributed by atoms with Gasteiger partial charge in [-0.1, -0.05) is 0 Å². The highest BCUT2D eigenvalue weighted by atomic mass is 16.6. The quantitative estimate of drug-likeness (QED) is 0.784. The van der Waals surface area contributed by atoms with Crippen molar-refractivity contribution >= 4 is 23.2 Å². The van der Waals surface area contributed by atoms with Crippen molar-refractivity contribution in [2.24, 2.45) is 0 Å². The number of amides is 2. The van der Waals surface area contributed by atoms with E-state index in [1.807, 2.05) is 12.4 Å². The van der Waals surface area contributed by atoms with Gasteiger partial charge in [-0.05, 0) is 18.9 Å². The number of nitrogens with zero attached hydrogens (tertiary/aromatic N) is 5. The summed E-state index contributed by atoms with van der Waals surface area (Å²) in [6.07, 6.45) is 5.04. The zero-order valence-electron chi connectivity index (χ0n) is 14.9. The molecule has 27 heavy (non-hydrogen) atoms. The summed E-state index contributed by atoms with van der Waals surface area (Å²) < 4.78 is 12.6. The largest absolute Gasteiger partial charge is 0.447 e. The molecule has 3 aliphatic rings. The lowest BCUT2D eigenvalue weighted by Gasteiger charge is -2.35. The lowest BCUT2D eigenvalue weighted by molar-refractivity contribution is 0.0616. The molecule has 2 aromatic heterocycles. The van der Waals surface area contributed by atoms with Gasteiger partial charge < -0.3 is 18.9 Å². The second-order valence-corrected chi connectivity index (χ2v) is 7.24. The van der Waals surface area contributed by atoms with E-state index in [1.54, 1.807) is 16.0 Å². The molecule has 3 aliphatic heterocycles. The number of imidazole rings is 1. The zero-order valence-corrected chi connectivity index (χ0v) is 14.9. The molecule has 0 aromatic carbocycles. The SMILES string of the molecule is O=C(c1cnc2c(c1)ncn2C1CCOCC1)N1CCN2C(=O)OCC2C1. The number of aromatic nitrogens is 3. The Balaban J connectivity index is 1.36. The van der Waals surface area contributed by atoms with Gasteiger partial charge in [0.1, 0.15) is 12.1 Å². The number of hydrogen-bond donors (Lipinski definition) is 0. The number of piperazine rings is 1. The van der Waals surface area contributed by atoms with E-state index in [1.165, 1.54) is 0 Å². The van der Waals surface area contributed by atoms with E-state index in [4.69, 9.17) is 9.47 Å². The van der Waals surface area contributed by atoms with Crippen LogP contribution in [0.5, 0.6) is 0 Å². The van der Waals surface area contributed by atoms with Crippen LogP contribution in [0.3, 0.4) is 0 Å². The summed E-state index contributed by atoms with van der Waals surface area (Å²) >= 11 is 0. The molecular weight excluding hydrogens is 350 g/mol. The highest BCUT2D eigenvalue weighted by Gasteiger charge is 2.39. The maximum Gasteiger partial charge on any atom is 0.410 e. The molecule has 0 N–H and O–H groups in total. The molecule has 0 saturated carbocycles. The summed E-state index contributed by atoms with van der Waals surface area (Å²) in [5, 5.41) is 0. The van der Waals surface area contributed by atoms with Crippen LogP contribution in [-0.2, 0) is 9.47 Å². The fourth-order valence-electron chi connectivity index (χ4n) is 4.12. The van der Waals surface area contributed by atoms with Crippen LogP contribution in [0.25, 0.3) is 11.2 Å². The standard InChI is InChI=1S/C18H21N5O4/c24-17(21-3-4-22-14(9-21)10-27-18(22)25)12-7-15-16(19-8-12)23(11-20-15)13-1-5-26-6-2-13/h7-8,11,13-14H,1-6,9-10H2. The molecule has 2 aromatic rings. The molecule has 5 heterocycles. The van der Waals surface area contributed by atoms with Gasteiger partial charge in [-0.3, -0.25) is 9.69 Å². The van der Waals surface area contributed by atoms with Crippen LogP contribution < -0.4 is 0 Å². The first-order chi connectivity index (χ1) is 13.2. The van der Waals surface area contributed by atoms with Crippen LogP contribution in [0.15, 0.2) is 18.6 Å². The fourth-order valence-corrected chi connectivity index (χ4v) is 4.12. The van der Waals surface area contributed by atoms with Crippen LogP contribution in [-0.4, -0.2) is 81.8 Å². The first-order valence-electron chi connectivity index (χ1n) is 9.34. The minimum absolute atomic E-state index is 0.0559. The van der Waals surface area contributed by atoms with Crippen molar-refractivity contribution < 1.29 is 19.1 Å². The predicted octanol–water partition coefficient (Wildman–Crippen LogP) is 1.06. The third kappa shape index (κ3) is 2.82. The minimum Gasteiger partial charge on any atom is -0.447 e. The summed E-state index contributed by atoms with van der Waals surface area (Å²) in [5.74, 6) is -0.0796. The van der Waals surface area contributed by atoms with Crippen LogP contribution >= 0.6 is 0 Å². The number of rotatable bonds is 2. The molecule has 0 radical (unpaired) electrons. The van der Waals surface area contributed by atoms with Gasteiger partial charge in [-0.15, -0.1) is 0 Å². The predicted molar refractivity (Wildman–Crippen MR) is 94.4 cm³/mol. The van der Waals surface area contributed by atoms with Crippen LogP contribution in [0, 0.1) is 0 Å². The summed E-state index contributed by atoms with van der Waals surface area (Å²) in [7, 11) is 0. The average Bonchev–Trinajstić information content (AvgIpc) is 3.31. The summed E-state index contributed by atoms with van der Waals surface area (Å²) in [6.45, 7) is 3.33. The third-order valence-electron chi connectivity index (χ3n) is 5.65. The van der Waals surface area contributed by atoms with Crippen LogP contribution in [0.2, 0.25) is 0 Å². The number of ether oxygens (including phenoxy) is 2. The van der Waals surface area contributed by atoms with Gasteiger partial charge in [0.05, 0.1) is 17.9 Å². The van der Waals surface area contributed by atoms with Crippen LogP contribution in [0.4, 0.5) is 4.79 Å². The highest BCUT2D eigenvalue weighted by molar-refractivity contribution is 5.96. The van der Waals surface area contributed by atoms with E-state index < -0.39 is 0 Å². The lowest BCUT2D eigenvalue weighted by atomic mass is 10.1. The molecule has 9 nitrogen and oxygen atoms in total. The van der Waals surface area contributed by atoms with Gasteiger partial charge in [0, 0.05) is 45.1 Å². The average molecular weight is 371 g/mol. The molecular formula is C18H21N5O4. The van der Waals surface area contributed by atoms with Gasteiger partial charge >= 0.3 is 6.09 Å². The van der Waals surface area contributed by atoms with E-state index in [-0.39, 0.29) is 18.0 Å². The van der Waals surface area contributed by atoms with Crippen molar-refractivity contribution in [3.05, 3.63) is 24.2 Å². The van der Waals surface area contributed by atoms with Gasteiger partial charge in [0.15, 0.2) is 5.65 Å². The molecule has 3 saturated heterocycles. The number of carbonyl (C=O) groups is 2. The Kier molecular flexibility index (Phi) is 3.96. The van der Waals surface area contributed by atoms with E-state index in [9.17, 15) is 9.59 Å².